The predicted molar refractivity (Wildman–Crippen MR) is 49.7 cm³/mol. The van der Waals surface area contributed by atoms with Crippen molar-refractivity contribution < 1.29 is 5.11 Å². The van der Waals surface area contributed by atoms with Crippen molar-refractivity contribution in [2.24, 2.45) is 0 Å². The minimum Gasteiger partial charge on any atom is -0.372 e. The average Bonchev–Trinajstić information content (AvgIpc) is 2.18. The Labute approximate surface area is 76.7 Å². The van der Waals surface area contributed by atoms with Crippen LogP contribution in [0.3, 0.4) is 0 Å². The van der Waals surface area contributed by atoms with Gasteiger partial charge in [-0.25, -0.2) is 0 Å². The maximum absolute atomic E-state index is 9.68. The van der Waals surface area contributed by atoms with E-state index in [-0.39, 0.29) is 0 Å². The average molecular weight is 171 g/mol. The maximum Gasteiger partial charge on any atom is 0.174 e. The molecule has 2 heteroatoms. The summed E-state index contributed by atoms with van der Waals surface area (Å²) in [6.07, 6.45) is 3.73. The van der Waals surface area contributed by atoms with Gasteiger partial charge in [0.2, 0.25) is 0 Å². The largest absolute Gasteiger partial charge is 0.372 e. The van der Waals surface area contributed by atoms with Gasteiger partial charge in [0.15, 0.2) is 5.60 Å². The molecule has 2 nitrogen and oxygen atoms in total. The normalized spacial score (nSPS) is 24.9. The summed E-state index contributed by atoms with van der Waals surface area (Å²) < 4.78 is 0. The Hall–Kier alpha value is -1.59. The van der Waals surface area contributed by atoms with E-state index in [1.54, 1.807) is 12.2 Å². The molecule has 1 unspecified atom stereocenters. The summed E-state index contributed by atoms with van der Waals surface area (Å²) >= 11 is 0. The first-order valence-corrected chi connectivity index (χ1v) is 4.14. The number of fused-ring (bicyclic) bond motifs is 1. The second kappa shape index (κ2) is 2.72. The lowest BCUT2D eigenvalue weighted by molar-refractivity contribution is 0.150. The third-order valence-electron chi connectivity index (χ3n) is 2.25. The molecular weight excluding hydrogens is 162 g/mol. The Bertz CT molecular complexity index is 403. The highest BCUT2D eigenvalue weighted by atomic mass is 16.3. The second-order valence-electron chi connectivity index (χ2n) is 3.24. The lowest BCUT2D eigenvalue weighted by Crippen LogP contribution is -2.28. The molecule has 1 N–H and O–H groups in total. The number of nitrogens with zero attached hydrogens (tertiary/aromatic N) is 1. The van der Waals surface area contributed by atoms with Crippen LogP contribution in [0.25, 0.3) is 6.08 Å². The van der Waals surface area contributed by atoms with Crippen molar-refractivity contribution in [1.82, 2.24) is 0 Å². The smallest absolute Gasteiger partial charge is 0.174 e. The monoisotopic (exact) mass is 171 g/mol. The van der Waals surface area contributed by atoms with Gasteiger partial charge in [0, 0.05) is 6.42 Å². The lowest BCUT2D eigenvalue weighted by Gasteiger charge is -2.21. The zero-order valence-corrected chi connectivity index (χ0v) is 7.07. The van der Waals surface area contributed by atoms with Gasteiger partial charge in [0.1, 0.15) is 6.07 Å². The molecule has 1 aliphatic rings. The van der Waals surface area contributed by atoms with Crippen molar-refractivity contribution in [1.29, 1.82) is 5.26 Å². The predicted octanol–water partition coefficient (Wildman–Crippen LogP) is 1.51. The van der Waals surface area contributed by atoms with Crippen LogP contribution in [0.4, 0.5) is 0 Å². The zero-order chi connectivity index (χ0) is 9.31. The van der Waals surface area contributed by atoms with Crippen molar-refractivity contribution >= 4 is 6.08 Å². The van der Waals surface area contributed by atoms with Crippen LogP contribution in [0.5, 0.6) is 0 Å². The fraction of sp³-hybridized carbons (Fsp3) is 0.182. The van der Waals surface area contributed by atoms with Gasteiger partial charge in [-0.15, -0.1) is 0 Å². The Morgan fingerprint density at radius 2 is 2.15 bits per heavy atom. The van der Waals surface area contributed by atoms with E-state index in [1.807, 2.05) is 30.3 Å². The summed E-state index contributed by atoms with van der Waals surface area (Å²) in [7, 11) is 0. The van der Waals surface area contributed by atoms with Gasteiger partial charge in [-0.05, 0) is 17.2 Å². The first-order valence-electron chi connectivity index (χ1n) is 4.14. The topological polar surface area (TPSA) is 44.0 Å². The Balaban J connectivity index is 2.46. The number of nitriles is 1. The Morgan fingerprint density at radius 3 is 2.92 bits per heavy atom. The van der Waals surface area contributed by atoms with E-state index >= 15 is 0 Å². The fourth-order valence-electron chi connectivity index (χ4n) is 1.51. The van der Waals surface area contributed by atoms with Crippen LogP contribution in [0.15, 0.2) is 30.3 Å². The standard InChI is InChI=1S/C11H9NO/c12-8-11(13)6-5-9-3-1-2-4-10(9)7-11/h1-6,13H,7H2. The third kappa shape index (κ3) is 1.34. The summed E-state index contributed by atoms with van der Waals surface area (Å²) in [6.45, 7) is 0. The van der Waals surface area contributed by atoms with E-state index < -0.39 is 5.60 Å². The molecule has 1 aliphatic carbocycles. The molecule has 0 aliphatic heterocycles. The van der Waals surface area contributed by atoms with E-state index in [1.165, 1.54) is 0 Å². The van der Waals surface area contributed by atoms with Crippen LogP contribution < -0.4 is 0 Å². The molecule has 0 spiro atoms. The number of hydrogen-bond donors (Lipinski definition) is 1. The van der Waals surface area contributed by atoms with Gasteiger partial charge >= 0.3 is 0 Å². The number of benzene rings is 1. The van der Waals surface area contributed by atoms with Crippen molar-refractivity contribution in [3.8, 4) is 6.07 Å². The molecule has 13 heavy (non-hydrogen) atoms. The molecule has 0 radical (unpaired) electrons. The highest BCUT2D eigenvalue weighted by Crippen LogP contribution is 2.24. The van der Waals surface area contributed by atoms with E-state index in [4.69, 9.17) is 5.26 Å². The third-order valence-corrected chi connectivity index (χ3v) is 2.25. The fourth-order valence-corrected chi connectivity index (χ4v) is 1.51. The van der Waals surface area contributed by atoms with E-state index in [0.29, 0.717) is 6.42 Å². The van der Waals surface area contributed by atoms with E-state index in [2.05, 4.69) is 0 Å². The van der Waals surface area contributed by atoms with Crippen LogP contribution in [0, 0.1) is 11.3 Å². The molecule has 0 fully saturated rings. The first kappa shape index (κ1) is 8.03. The molecule has 64 valence electrons. The molecule has 0 heterocycles. The molecular formula is C11H9NO. The molecule has 0 aromatic heterocycles. The molecule has 1 aromatic rings. The van der Waals surface area contributed by atoms with Crippen LogP contribution in [-0.4, -0.2) is 10.7 Å². The van der Waals surface area contributed by atoms with Crippen molar-refractivity contribution in [3.63, 3.8) is 0 Å². The molecule has 0 amide bonds. The number of aliphatic hydroxyl groups is 1. The van der Waals surface area contributed by atoms with Gasteiger partial charge < -0.3 is 5.11 Å². The van der Waals surface area contributed by atoms with E-state index in [0.717, 1.165) is 11.1 Å². The molecule has 0 saturated heterocycles. The molecule has 0 saturated carbocycles. The summed E-state index contributed by atoms with van der Waals surface area (Å²) in [5, 5.41) is 18.4. The van der Waals surface area contributed by atoms with Gasteiger partial charge in [-0.1, -0.05) is 30.3 Å². The van der Waals surface area contributed by atoms with Gasteiger partial charge in [0.05, 0.1) is 0 Å². The SMILES string of the molecule is N#CC1(O)C=Cc2ccccc2C1. The molecule has 0 bridgehead atoms. The summed E-state index contributed by atoms with van der Waals surface area (Å²) in [5.74, 6) is 0. The highest BCUT2D eigenvalue weighted by molar-refractivity contribution is 5.59. The second-order valence-corrected chi connectivity index (χ2v) is 3.24. The van der Waals surface area contributed by atoms with Gasteiger partial charge in [-0.3, -0.25) is 0 Å². The summed E-state index contributed by atoms with van der Waals surface area (Å²) in [4.78, 5) is 0. The minimum atomic E-state index is -1.31. The molecule has 2 rings (SSSR count). The number of hydrogen-bond acceptors (Lipinski definition) is 2. The lowest BCUT2D eigenvalue weighted by atomic mass is 9.87. The summed E-state index contributed by atoms with van der Waals surface area (Å²) in [6, 6.07) is 9.65. The van der Waals surface area contributed by atoms with Crippen molar-refractivity contribution in [2.45, 2.75) is 12.0 Å². The highest BCUT2D eigenvalue weighted by Gasteiger charge is 2.27. The Morgan fingerprint density at radius 1 is 1.38 bits per heavy atom. The first-order chi connectivity index (χ1) is 6.23. The maximum atomic E-state index is 9.68. The Kier molecular flexibility index (Phi) is 1.68. The van der Waals surface area contributed by atoms with Crippen molar-refractivity contribution in [3.05, 3.63) is 41.5 Å². The summed E-state index contributed by atoms with van der Waals surface area (Å²) in [5.41, 5.74) is 0.797. The number of rotatable bonds is 0. The van der Waals surface area contributed by atoms with Crippen LogP contribution >= 0.6 is 0 Å². The van der Waals surface area contributed by atoms with Crippen LogP contribution in [0.1, 0.15) is 11.1 Å². The van der Waals surface area contributed by atoms with Gasteiger partial charge in [-0.2, -0.15) is 5.26 Å². The van der Waals surface area contributed by atoms with Crippen LogP contribution in [0.2, 0.25) is 0 Å². The van der Waals surface area contributed by atoms with Crippen molar-refractivity contribution in [2.75, 3.05) is 0 Å². The van der Waals surface area contributed by atoms with Crippen LogP contribution in [-0.2, 0) is 6.42 Å². The quantitative estimate of drug-likeness (QED) is 0.601. The molecule has 1 atom stereocenters. The minimum absolute atomic E-state index is 0.385. The van der Waals surface area contributed by atoms with Gasteiger partial charge in [0.25, 0.3) is 0 Å². The van der Waals surface area contributed by atoms with E-state index in [9.17, 15) is 5.11 Å². The molecule has 1 aromatic carbocycles. The zero-order valence-electron chi connectivity index (χ0n) is 7.07.